The Morgan fingerprint density at radius 2 is 1.96 bits per heavy atom. The summed E-state index contributed by atoms with van der Waals surface area (Å²) < 4.78 is 4.90. The Labute approximate surface area is 143 Å². The summed E-state index contributed by atoms with van der Waals surface area (Å²) in [6, 6.07) is 0. The number of ether oxygens (including phenoxy) is 1. The Morgan fingerprint density at radius 1 is 1.22 bits per heavy atom. The van der Waals surface area contributed by atoms with Crippen LogP contribution in [0.15, 0.2) is 23.8 Å². The predicted octanol–water partition coefficient (Wildman–Crippen LogP) is 1.45. The minimum atomic E-state index is -0.765. The van der Waals surface area contributed by atoms with E-state index in [1.807, 2.05) is 6.08 Å². The van der Waals surface area contributed by atoms with E-state index < -0.39 is 16.5 Å². The number of aliphatic hydroxyl groups is 2. The molecule has 4 nitrogen and oxygen atoms in total. The number of carbonyl (C=O) groups excluding carboxylic acids is 1. The molecule has 0 aromatic heterocycles. The van der Waals surface area contributed by atoms with Gasteiger partial charge in [0.1, 0.15) is 4.32 Å². The molecule has 0 spiro atoms. The van der Waals surface area contributed by atoms with Crippen LogP contribution in [0.1, 0.15) is 12.8 Å². The second-order valence-electron chi connectivity index (χ2n) is 7.88. The van der Waals surface area contributed by atoms with E-state index in [0.717, 1.165) is 12.0 Å². The van der Waals surface area contributed by atoms with Crippen LogP contribution in [0.4, 0.5) is 0 Å². The van der Waals surface area contributed by atoms with Crippen LogP contribution in [-0.4, -0.2) is 45.7 Å². The first-order valence-electron chi connectivity index (χ1n) is 8.50. The smallest absolute Gasteiger partial charge is 0.156 e. The molecule has 0 aromatic carbocycles. The molecule has 3 saturated carbocycles. The topological polar surface area (TPSA) is 66.8 Å². The number of Topliss-reactive ketones (excluding diaryl/α,β-unsaturated/α-hetero) is 1. The van der Waals surface area contributed by atoms with E-state index >= 15 is 0 Å². The molecule has 0 aliphatic heterocycles. The number of fused-ring (bicyclic) bond motifs is 9. The second-order valence-corrected chi connectivity index (χ2v) is 9.19. The van der Waals surface area contributed by atoms with Crippen molar-refractivity contribution < 1.29 is 19.7 Å². The third-order valence-electron chi connectivity index (χ3n) is 7.15. The first-order chi connectivity index (χ1) is 11.0. The fourth-order valence-corrected chi connectivity index (χ4v) is 7.58. The van der Waals surface area contributed by atoms with Crippen LogP contribution in [0.5, 0.6) is 0 Å². The molecule has 5 aliphatic carbocycles. The van der Waals surface area contributed by atoms with Crippen LogP contribution in [-0.2, 0) is 9.53 Å². The van der Waals surface area contributed by atoms with Gasteiger partial charge in [-0.15, -0.1) is 0 Å². The highest BCUT2D eigenvalue weighted by atomic mass is 79.9. The van der Waals surface area contributed by atoms with Gasteiger partial charge in [-0.2, -0.15) is 0 Å². The fourth-order valence-electron chi connectivity index (χ4n) is 6.41. The zero-order valence-corrected chi connectivity index (χ0v) is 14.5. The van der Waals surface area contributed by atoms with Gasteiger partial charge in [-0.25, -0.2) is 0 Å². The van der Waals surface area contributed by atoms with Gasteiger partial charge in [0, 0.05) is 25.4 Å². The van der Waals surface area contributed by atoms with Gasteiger partial charge in [-0.05, 0) is 35.7 Å². The van der Waals surface area contributed by atoms with Crippen molar-refractivity contribution >= 4 is 21.7 Å². The van der Waals surface area contributed by atoms with Crippen molar-refractivity contribution in [3.05, 3.63) is 23.8 Å². The lowest BCUT2D eigenvalue weighted by Gasteiger charge is -2.45. The molecule has 0 amide bonds. The molecule has 23 heavy (non-hydrogen) atoms. The van der Waals surface area contributed by atoms with Crippen molar-refractivity contribution in [2.24, 2.45) is 35.5 Å². The minimum Gasteiger partial charge on any atom is -0.392 e. The summed E-state index contributed by atoms with van der Waals surface area (Å²) in [5.74, 6) is 1.13. The molecule has 2 N–H and O–H groups in total. The normalized spacial score (nSPS) is 59.0. The third-order valence-corrected chi connectivity index (χ3v) is 8.52. The molecule has 0 unspecified atom stereocenters. The van der Waals surface area contributed by atoms with Gasteiger partial charge in [-0.1, -0.05) is 34.2 Å². The maximum Gasteiger partial charge on any atom is 0.156 e. The Kier molecular flexibility index (Phi) is 2.94. The van der Waals surface area contributed by atoms with E-state index in [1.165, 1.54) is 0 Å². The summed E-state index contributed by atoms with van der Waals surface area (Å²) in [4.78, 5) is 13.3. The number of alkyl halides is 1. The molecule has 0 saturated heterocycles. The van der Waals surface area contributed by atoms with E-state index in [2.05, 4.69) is 28.1 Å². The summed E-state index contributed by atoms with van der Waals surface area (Å²) in [7, 11) is 1.62. The number of rotatable bonds is 1. The fraction of sp³-hybridized carbons (Fsp3) is 0.722. The number of methoxy groups -OCH3 is 1. The quantitative estimate of drug-likeness (QED) is 0.533. The van der Waals surface area contributed by atoms with Crippen molar-refractivity contribution in [1.29, 1.82) is 0 Å². The van der Waals surface area contributed by atoms with Gasteiger partial charge in [0.2, 0.25) is 0 Å². The summed E-state index contributed by atoms with van der Waals surface area (Å²) in [6.07, 6.45) is 6.20. The standard InChI is InChI=1S/C18H21BrO4/c1-23-12-5-9-10(20)6-11(21)15(9)16-13-7-2-3-8(4-7)14(13)17(22)18(12,16)19/h2-3,5,7-8,10-16,20-21H,4,6H2,1H3/t7-,8+,10+,11-,12+,13-,14+,15+,16-,18-/m0/s1. The molecular formula is C18H21BrO4. The van der Waals surface area contributed by atoms with E-state index in [9.17, 15) is 15.0 Å². The number of carbonyl (C=O) groups is 1. The third kappa shape index (κ3) is 1.56. The van der Waals surface area contributed by atoms with Gasteiger partial charge in [0.25, 0.3) is 0 Å². The average molecular weight is 381 g/mol. The summed E-state index contributed by atoms with van der Waals surface area (Å²) in [5.41, 5.74) is 0.879. The molecule has 5 heteroatoms. The molecule has 10 atom stereocenters. The lowest BCUT2D eigenvalue weighted by atomic mass is 9.66. The maximum atomic E-state index is 13.3. The van der Waals surface area contributed by atoms with E-state index in [1.54, 1.807) is 7.11 Å². The van der Waals surface area contributed by atoms with Crippen molar-refractivity contribution in [3.8, 4) is 0 Å². The number of allylic oxidation sites excluding steroid dienone is 2. The van der Waals surface area contributed by atoms with Crippen molar-refractivity contribution in [2.75, 3.05) is 7.11 Å². The largest absolute Gasteiger partial charge is 0.392 e. The first kappa shape index (κ1) is 14.8. The molecule has 124 valence electrons. The molecule has 0 heterocycles. The van der Waals surface area contributed by atoms with E-state index in [4.69, 9.17) is 4.74 Å². The van der Waals surface area contributed by atoms with E-state index in [0.29, 0.717) is 18.3 Å². The van der Waals surface area contributed by atoms with Crippen LogP contribution in [0.2, 0.25) is 0 Å². The van der Waals surface area contributed by atoms with Crippen LogP contribution in [0.3, 0.4) is 0 Å². The average Bonchev–Trinajstić information content (AvgIpc) is 3.23. The molecule has 3 fully saturated rings. The molecule has 5 aliphatic rings. The number of aliphatic hydroxyl groups excluding tert-OH is 2. The summed E-state index contributed by atoms with van der Waals surface area (Å²) in [6.45, 7) is 0. The Hall–Kier alpha value is -0.490. The monoisotopic (exact) mass is 380 g/mol. The Morgan fingerprint density at radius 3 is 2.70 bits per heavy atom. The molecule has 5 rings (SSSR count). The first-order valence-corrected chi connectivity index (χ1v) is 9.29. The SMILES string of the molecule is CO[C@@H]1C=C2[C@@H]([C@@H]3[C@@H]4[C@H](C(=O)[C@@]31Br)[C@@H]1C=C[C@H]4C1)[C@@H](O)C[C@H]2O. The Bertz CT molecular complexity index is 643. The summed E-state index contributed by atoms with van der Waals surface area (Å²) in [5, 5.41) is 21.0. The van der Waals surface area contributed by atoms with Crippen molar-refractivity contribution in [3.63, 3.8) is 0 Å². The lowest BCUT2D eigenvalue weighted by molar-refractivity contribution is -0.126. The number of hydrogen-bond acceptors (Lipinski definition) is 4. The van der Waals surface area contributed by atoms with Gasteiger partial charge in [0.15, 0.2) is 5.78 Å². The van der Waals surface area contributed by atoms with Crippen LogP contribution < -0.4 is 0 Å². The van der Waals surface area contributed by atoms with Crippen LogP contribution in [0, 0.1) is 35.5 Å². The van der Waals surface area contributed by atoms with Gasteiger partial charge in [0.05, 0.1) is 18.3 Å². The van der Waals surface area contributed by atoms with Crippen molar-refractivity contribution in [2.45, 2.75) is 35.5 Å². The van der Waals surface area contributed by atoms with E-state index in [-0.39, 0.29) is 35.6 Å². The second kappa shape index (κ2) is 4.57. The molecule has 2 bridgehead atoms. The highest BCUT2D eigenvalue weighted by Gasteiger charge is 2.72. The minimum absolute atomic E-state index is 0.00273. The van der Waals surface area contributed by atoms with Gasteiger partial charge >= 0.3 is 0 Å². The van der Waals surface area contributed by atoms with Crippen LogP contribution >= 0.6 is 15.9 Å². The maximum absolute atomic E-state index is 13.3. The lowest BCUT2D eigenvalue weighted by Crippen LogP contribution is -2.54. The number of halogens is 1. The number of ketones is 1. The molecular weight excluding hydrogens is 360 g/mol. The van der Waals surface area contributed by atoms with Gasteiger partial charge < -0.3 is 14.9 Å². The zero-order valence-electron chi connectivity index (χ0n) is 12.9. The van der Waals surface area contributed by atoms with Crippen molar-refractivity contribution in [1.82, 2.24) is 0 Å². The summed E-state index contributed by atoms with van der Waals surface area (Å²) >= 11 is 3.80. The number of hydrogen-bond donors (Lipinski definition) is 2. The highest BCUT2D eigenvalue weighted by molar-refractivity contribution is 9.10. The highest BCUT2D eigenvalue weighted by Crippen LogP contribution is 2.67. The molecule has 0 aromatic rings. The zero-order chi connectivity index (χ0) is 16.1. The molecule has 0 radical (unpaired) electrons. The van der Waals surface area contributed by atoms with Gasteiger partial charge in [-0.3, -0.25) is 4.79 Å². The Balaban J connectivity index is 1.69. The predicted molar refractivity (Wildman–Crippen MR) is 86.9 cm³/mol. The van der Waals surface area contributed by atoms with Crippen LogP contribution in [0.25, 0.3) is 0 Å².